The number of ether oxygens (including phenoxy) is 2. The van der Waals surface area contributed by atoms with E-state index in [-0.39, 0.29) is 6.04 Å². The number of methoxy groups -OCH3 is 1. The summed E-state index contributed by atoms with van der Waals surface area (Å²) < 4.78 is 10.8. The number of nitrogens with zero attached hydrogens (tertiary/aromatic N) is 3. The maximum Gasteiger partial charge on any atom is 0.223 e. The lowest BCUT2D eigenvalue weighted by Crippen LogP contribution is -2.41. The molecule has 2 aromatic rings. The first-order chi connectivity index (χ1) is 12.2. The topological polar surface area (TPSA) is 59.5 Å². The molecule has 1 aliphatic heterocycles. The van der Waals surface area contributed by atoms with Crippen LogP contribution < -0.4 is 10.1 Å². The van der Waals surface area contributed by atoms with Crippen LogP contribution in [-0.4, -0.2) is 54.8 Å². The zero-order chi connectivity index (χ0) is 17.6. The van der Waals surface area contributed by atoms with Crippen molar-refractivity contribution in [3.8, 4) is 5.75 Å². The minimum absolute atomic E-state index is 0.235. The van der Waals surface area contributed by atoms with Crippen molar-refractivity contribution in [1.82, 2.24) is 14.9 Å². The zero-order valence-electron chi connectivity index (χ0n) is 15.2. The molecule has 0 amide bonds. The lowest BCUT2D eigenvalue weighted by atomic mass is 10.0. The number of hydrogen-bond acceptors (Lipinski definition) is 6. The Morgan fingerprint density at radius 2 is 1.76 bits per heavy atom. The number of morpholine rings is 1. The molecule has 0 radical (unpaired) electrons. The first-order valence-corrected chi connectivity index (χ1v) is 8.67. The third kappa shape index (κ3) is 4.67. The molecule has 1 aromatic carbocycles. The summed E-state index contributed by atoms with van der Waals surface area (Å²) in [5, 5.41) is 3.41. The van der Waals surface area contributed by atoms with Crippen LogP contribution in [0.25, 0.3) is 0 Å². The second-order valence-electron chi connectivity index (χ2n) is 6.29. The lowest BCUT2D eigenvalue weighted by molar-refractivity contribution is 0.0187. The average Bonchev–Trinajstić information content (AvgIpc) is 2.62. The average molecular weight is 342 g/mol. The van der Waals surface area contributed by atoms with Crippen molar-refractivity contribution in [2.45, 2.75) is 19.9 Å². The maximum absolute atomic E-state index is 5.51. The standard InChI is InChI=1S/C19H26N4O2/c1-14-12-15(2)22-19(21-14)20-13-18(23-8-10-25-11-9-23)16-4-6-17(24-3)7-5-16/h4-7,12,18H,8-11,13H2,1-3H3,(H,20,21,22). The molecule has 25 heavy (non-hydrogen) atoms. The summed E-state index contributed by atoms with van der Waals surface area (Å²) in [7, 11) is 1.69. The van der Waals surface area contributed by atoms with E-state index in [1.165, 1.54) is 5.56 Å². The summed E-state index contributed by atoms with van der Waals surface area (Å²) in [6.07, 6.45) is 0. The van der Waals surface area contributed by atoms with Crippen LogP contribution in [0.4, 0.5) is 5.95 Å². The Hall–Kier alpha value is -2.18. The van der Waals surface area contributed by atoms with E-state index in [1.54, 1.807) is 7.11 Å². The van der Waals surface area contributed by atoms with Crippen LogP contribution in [0.3, 0.4) is 0 Å². The van der Waals surface area contributed by atoms with E-state index in [0.717, 1.165) is 50.0 Å². The number of aryl methyl sites for hydroxylation is 2. The Morgan fingerprint density at radius 3 is 2.36 bits per heavy atom. The summed E-state index contributed by atoms with van der Waals surface area (Å²) in [5.41, 5.74) is 3.20. The van der Waals surface area contributed by atoms with Crippen LogP contribution in [0.1, 0.15) is 23.0 Å². The van der Waals surface area contributed by atoms with Crippen LogP contribution in [-0.2, 0) is 4.74 Å². The van der Waals surface area contributed by atoms with E-state index in [2.05, 4.69) is 32.3 Å². The fourth-order valence-corrected chi connectivity index (χ4v) is 3.17. The number of aromatic nitrogens is 2. The summed E-state index contributed by atoms with van der Waals surface area (Å²) in [5.74, 6) is 1.55. The van der Waals surface area contributed by atoms with Gasteiger partial charge in [-0.25, -0.2) is 9.97 Å². The highest BCUT2D eigenvalue weighted by molar-refractivity contribution is 5.32. The van der Waals surface area contributed by atoms with Gasteiger partial charge in [0, 0.05) is 31.0 Å². The van der Waals surface area contributed by atoms with Crippen LogP contribution in [0.15, 0.2) is 30.3 Å². The Bertz CT molecular complexity index is 664. The summed E-state index contributed by atoms with van der Waals surface area (Å²) in [6.45, 7) is 8.11. The van der Waals surface area contributed by atoms with Crippen LogP contribution in [0.5, 0.6) is 5.75 Å². The van der Waals surface area contributed by atoms with Gasteiger partial charge in [-0.2, -0.15) is 0 Å². The van der Waals surface area contributed by atoms with Gasteiger partial charge in [0.05, 0.1) is 26.4 Å². The third-order valence-corrected chi connectivity index (χ3v) is 4.42. The van der Waals surface area contributed by atoms with E-state index in [0.29, 0.717) is 5.95 Å². The van der Waals surface area contributed by atoms with Gasteiger partial charge in [0.25, 0.3) is 0 Å². The first kappa shape index (κ1) is 17.6. The predicted molar refractivity (Wildman–Crippen MR) is 98.1 cm³/mol. The number of hydrogen-bond donors (Lipinski definition) is 1. The van der Waals surface area contributed by atoms with Crippen molar-refractivity contribution < 1.29 is 9.47 Å². The molecule has 1 N–H and O–H groups in total. The first-order valence-electron chi connectivity index (χ1n) is 8.67. The molecule has 6 nitrogen and oxygen atoms in total. The molecule has 2 heterocycles. The molecule has 6 heteroatoms. The largest absolute Gasteiger partial charge is 0.497 e. The molecule has 0 saturated carbocycles. The molecular weight excluding hydrogens is 316 g/mol. The molecule has 1 unspecified atom stereocenters. The van der Waals surface area contributed by atoms with E-state index in [4.69, 9.17) is 9.47 Å². The number of benzene rings is 1. The highest BCUT2D eigenvalue weighted by Gasteiger charge is 2.23. The molecule has 1 aliphatic rings. The predicted octanol–water partition coefficient (Wildman–Crippen LogP) is 2.59. The smallest absolute Gasteiger partial charge is 0.223 e. The van der Waals surface area contributed by atoms with Gasteiger partial charge in [0.15, 0.2) is 0 Å². The van der Waals surface area contributed by atoms with Crippen molar-refractivity contribution in [3.05, 3.63) is 47.3 Å². The molecular formula is C19H26N4O2. The van der Waals surface area contributed by atoms with Gasteiger partial charge in [-0.15, -0.1) is 0 Å². The third-order valence-electron chi connectivity index (χ3n) is 4.42. The second-order valence-corrected chi connectivity index (χ2v) is 6.29. The number of anilines is 1. The van der Waals surface area contributed by atoms with Crippen molar-refractivity contribution in [3.63, 3.8) is 0 Å². The molecule has 1 fully saturated rings. The van der Waals surface area contributed by atoms with Gasteiger partial charge in [-0.3, -0.25) is 4.90 Å². The quantitative estimate of drug-likeness (QED) is 0.871. The number of nitrogens with one attached hydrogen (secondary N) is 1. The monoisotopic (exact) mass is 342 g/mol. The molecule has 0 bridgehead atoms. The second kappa shape index (κ2) is 8.27. The highest BCUT2D eigenvalue weighted by Crippen LogP contribution is 2.24. The van der Waals surface area contributed by atoms with Gasteiger partial charge in [0.1, 0.15) is 5.75 Å². The Balaban J connectivity index is 1.77. The van der Waals surface area contributed by atoms with Crippen LogP contribution in [0.2, 0.25) is 0 Å². The lowest BCUT2D eigenvalue weighted by Gasteiger charge is -2.35. The SMILES string of the molecule is COc1ccc(C(CNc2nc(C)cc(C)n2)N2CCOCC2)cc1. The van der Waals surface area contributed by atoms with Crippen LogP contribution >= 0.6 is 0 Å². The van der Waals surface area contributed by atoms with Gasteiger partial charge < -0.3 is 14.8 Å². The Kier molecular flexibility index (Phi) is 5.83. The summed E-state index contributed by atoms with van der Waals surface area (Å²) in [4.78, 5) is 11.4. The fourth-order valence-electron chi connectivity index (χ4n) is 3.17. The van der Waals surface area contributed by atoms with Gasteiger partial charge in [0.2, 0.25) is 5.95 Å². The highest BCUT2D eigenvalue weighted by atomic mass is 16.5. The minimum Gasteiger partial charge on any atom is -0.497 e. The van der Waals surface area contributed by atoms with Gasteiger partial charge >= 0.3 is 0 Å². The van der Waals surface area contributed by atoms with E-state index in [1.807, 2.05) is 32.0 Å². The normalized spacial score (nSPS) is 16.4. The summed E-state index contributed by atoms with van der Waals surface area (Å²) in [6, 6.07) is 10.5. The molecule has 1 atom stereocenters. The van der Waals surface area contributed by atoms with Crippen molar-refractivity contribution in [1.29, 1.82) is 0 Å². The van der Waals surface area contributed by atoms with Crippen LogP contribution in [0, 0.1) is 13.8 Å². The molecule has 0 spiro atoms. The molecule has 3 rings (SSSR count). The molecule has 1 aromatic heterocycles. The maximum atomic E-state index is 5.51. The van der Waals surface area contributed by atoms with E-state index >= 15 is 0 Å². The van der Waals surface area contributed by atoms with Crippen molar-refractivity contribution in [2.24, 2.45) is 0 Å². The van der Waals surface area contributed by atoms with Gasteiger partial charge in [-0.05, 0) is 37.6 Å². The molecule has 0 aliphatic carbocycles. The van der Waals surface area contributed by atoms with Crippen molar-refractivity contribution in [2.75, 3.05) is 45.3 Å². The van der Waals surface area contributed by atoms with Gasteiger partial charge in [-0.1, -0.05) is 12.1 Å². The molecule has 134 valence electrons. The van der Waals surface area contributed by atoms with E-state index in [9.17, 15) is 0 Å². The van der Waals surface area contributed by atoms with E-state index < -0.39 is 0 Å². The fraction of sp³-hybridized carbons (Fsp3) is 0.474. The van der Waals surface area contributed by atoms with Crippen molar-refractivity contribution >= 4 is 5.95 Å². The summed E-state index contributed by atoms with van der Waals surface area (Å²) >= 11 is 0. The Morgan fingerprint density at radius 1 is 1.12 bits per heavy atom. The molecule has 1 saturated heterocycles. The zero-order valence-corrected chi connectivity index (χ0v) is 15.2. The minimum atomic E-state index is 0.235. The Labute approximate surface area is 149 Å². The number of rotatable bonds is 6.